The fraction of sp³-hybridized carbons (Fsp3) is 0.556. The lowest BCUT2D eigenvalue weighted by Gasteiger charge is -2.24. The van der Waals surface area contributed by atoms with Crippen LogP contribution in [-0.2, 0) is 16.1 Å². The van der Waals surface area contributed by atoms with Crippen LogP contribution in [0.4, 0.5) is 0 Å². The third kappa shape index (κ3) is 4.44. The van der Waals surface area contributed by atoms with Crippen molar-refractivity contribution >= 4 is 23.4 Å². The topological polar surface area (TPSA) is 84.7 Å². The summed E-state index contributed by atoms with van der Waals surface area (Å²) in [5, 5.41) is 3.45. The monoisotopic (exact) mass is 365 g/mol. The molecule has 2 amide bonds. The number of nitrogens with one attached hydrogen (secondary N) is 1. The van der Waals surface area contributed by atoms with Crippen LogP contribution in [0.3, 0.4) is 0 Å². The molecule has 136 valence electrons. The summed E-state index contributed by atoms with van der Waals surface area (Å²) < 4.78 is 5.27. The fourth-order valence-electron chi connectivity index (χ4n) is 3.92. The smallest absolute Gasteiger partial charge is 0.255 e. The van der Waals surface area contributed by atoms with Gasteiger partial charge in [-0.2, -0.15) is 0 Å². The van der Waals surface area contributed by atoms with Gasteiger partial charge in [0.1, 0.15) is 5.75 Å². The molecule has 1 aromatic carbocycles. The van der Waals surface area contributed by atoms with E-state index >= 15 is 0 Å². The minimum Gasteiger partial charge on any atom is -0.482 e. The number of halogens is 1. The molecule has 3 atom stereocenters. The molecule has 0 bridgehead atoms. The minimum absolute atomic E-state index is 0.183. The van der Waals surface area contributed by atoms with Crippen LogP contribution in [0.2, 0.25) is 5.02 Å². The van der Waals surface area contributed by atoms with E-state index in [1.807, 2.05) is 12.1 Å². The molecule has 0 spiro atoms. The molecule has 0 aromatic heterocycles. The molecule has 1 saturated carbocycles. The van der Waals surface area contributed by atoms with Crippen molar-refractivity contribution in [3.63, 3.8) is 0 Å². The van der Waals surface area contributed by atoms with Crippen LogP contribution in [0.25, 0.3) is 0 Å². The number of carbonyl (C=O) groups excluding carboxylic acids is 2. The molecule has 1 aromatic rings. The average molecular weight is 366 g/mol. The van der Waals surface area contributed by atoms with Gasteiger partial charge in [-0.25, -0.2) is 0 Å². The molecule has 3 N–H and O–H groups in total. The Bertz CT molecular complexity index is 667. The summed E-state index contributed by atoms with van der Waals surface area (Å²) in [5.41, 5.74) is 6.16. The van der Waals surface area contributed by atoms with E-state index in [-0.39, 0.29) is 12.5 Å². The van der Waals surface area contributed by atoms with Crippen molar-refractivity contribution in [2.75, 3.05) is 20.2 Å². The highest BCUT2D eigenvalue weighted by atomic mass is 35.5. The molecule has 3 rings (SSSR count). The molecule has 0 radical (unpaired) electrons. The SMILES string of the molecule is CN(Cc1ccc(OCC(N)=O)c(Cl)c1)[C@H]1C[C@H]2CNC(=O)C[C@H]2C1. The summed E-state index contributed by atoms with van der Waals surface area (Å²) in [7, 11) is 2.11. The highest BCUT2D eigenvalue weighted by Crippen LogP contribution is 2.38. The standard InChI is InChI=1S/C18H24ClN3O3/c1-22(14-5-12-7-18(24)21-8-13(12)6-14)9-11-2-3-16(15(19)4-11)25-10-17(20)23/h2-4,12-14H,5-10H2,1H3,(H2,20,23)(H,21,24)/t12-,13+,14-/m1/s1. The van der Waals surface area contributed by atoms with Crippen LogP contribution < -0.4 is 15.8 Å². The highest BCUT2D eigenvalue weighted by molar-refractivity contribution is 6.32. The molecule has 0 unspecified atom stereocenters. The molecule has 2 fully saturated rings. The van der Waals surface area contributed by atoms with Gasteiger partial charge in [0.25, 0.3) is 5.91 Å². The van der Waals surface area contributed by atoms with E-state index < -0.39 is 5.91 Å². The van der Waals surface area contributed by atoms with Crippen molar-refractivity contribution in [3.05, 3.63) is 28.8 Å². The van der Waals surface area contributed by atoms with Crippen LogP contribution in [0.5, 0.6) is 5.75 Å². The van der Waals surface area contributed by atoms with Gasteiger partial charge in [-0.05, 0) is 49.4 Å². The molecule has 1 heterocycles. The first kappa shape index (κ1) is 18.0. The van der Waals surface area contributed by atoms with Gasteiger partial charge in [-0.3, -0.25) is 14.5 Å². The van der Waals surface area contributed by atoms with Gasteiger partial charge in [-0.1, -0.05) is 17.7 Å². The van der Waals surface area contributed by atoms with Crippen LogP contribution in [0, 0.1) is 11.8 Å². The maximum atomic E-state index is 11.6. The van der Waals surface area contributed by atoms with Gasteiger partial charge in [0.2, 0.25) is 5.91 Å². The highest BCUT2D eigenvalue weighted by Gasteiger charge is 2.39. The molecule has 6 nitrogen and oxygen atoms in total. The Morgan fingerprint density at radius 2 is 2.16 bits per heavy atom. The molecule has 7 heteroatoms. The Balaban J connectivity index is 1.58. The Labute approximate surface area is 152 Å². The van der Waals surface area contributed by atoms with Crippen LogP contribution >= 0.6 is 11.6 Å². The number of hydrogen-bond donors (Lipinski definition) is 2. The zero-order valence-electron chi connectivity index (χ0n) is 14.3. The number of nitrogens with two attached hydrogens (primary N) is 1. The van der Waals surface area contributed by atoms with E-state index in [0.717, 1.165) is 31.5 Å². The van der Waals surface area contributed by atoms with Crippen molar-refractivity contribution in [2.45, 2.75) is 31.8 Å². The van der Waals surface area contributed by atoms with Crippen LogP contribution in [-0.4, -0.2) is 43.0 Å². The van der Waals surface area contributed by atoms with Crippen molar-refractivity contribution in [1.29, 1.82) is 0 Å². The molecular weight excluding hydrogens is 342 g/mol. The van der Waals surface area contributed by atoms with E-state index in [4.69, 9.17) is 22.1 Å². The zero-order valence-corrected chi connectivity index (χ0v) is 15.1. The summed E-state index contributed by atoms with van der Waals surface area (Å²) in [5.74, 6) is 1.22. The third-order valence-electron chi connectivity index (χ3n) is 5.25. The molecule has 1 aliphatic heterocycles. The Morgan fingerprint density at radius 3 is 2.88 bits per heavy atom. The summed E-state index contributed by atoms with van der Waals surface area (Å²) in [6, 6.07) is 6.06. The molecule has 1 saturated heterocycles. The van der Waals surface area contributed by atoms with E-state index in [9.17, 15) is 9.59 Å². The van der Waals surface area contributed by atoms with Crippen molar-refractivity contribution in [2.24, 2.45) is 17.6 Å². The van der Waals surface area contributed by atoms with Gasteiger partial charge in [0.05, 0.1) is 5.02 Å². The van der Waals surface area contributed by atoms with Crippen LogP contribution in [0.15, 0.2) is 18.2 Å². The summed E-state index contributed by atoms with van der Waals surface area (Å²) in [6.45, 7) is 1.41. The molecular formula is C18H24ClN3O3. The predicted octanol–water partition coefficient (Wildman–Crippen LogP) is 1.55. The maximum absolute atomic E-state index is 11.6. The Kier molecular flexibility index (Phi) is 5.49. The zero-order chi connectivity index (χ0) is 18.0. The number of benzene rings is 1. The number of primary amides is 1. The van der Waals surface area contributed by atoms with E-state index in [2.05, 4.69) is 17.3 Å². The fourth-order valence-corrected chi connectivity index (χ4v) is 4.18. The number of rotatable bonds is 6. The van der Waals surface area contributed by atoms with Gasteiger partial charge in [0.15, 0.2) is 6.61 Å². The van der Waals surface area contributed by atoms with Gasteiger partial charge in [0, 0.05) is 25.6 Å². The number of nitrogens with zero attached hydrogens (tertiary/aromatic N) is 1. The van der Waals surface area contributed by atoms with E-state index in [1.54, 1.807) is 6.07 Å². The summed E-state index contributed by atoms with van der Waals surface area (Å²) >= 11 is 6.23. The number of carbonyl (C=O) groups is 2. The second-order valence-corrected chi connectivity index (χ2v) is 7.50. The molecule has 25 heavy (non-hydrogen) atoms. The maximum Gasteiger partial charge on any atom is 0.255 e. The van der Waals surface area contributed by atoms with Gasteiger partial charge >= 0.3 is 0 Å². The summed E-state index contributed by atoms with van der Waals surface area (Å²) in [4.78, 5) is 24.7. The predicted molar refractivity (Wildman–Crippen MR) is 95.2 cm³/mol. The number of ether oxygens (including phenoxy) is 1. The number of hydrogen-bond acceptors (Lipinski definition) is 4. The van der Waals surface area contributed by atoms with Crippen LogP contribution in [0.1, 0.15) is 24.8 Å². The second-order valence-electron chi connectivity index (χ2n) is 7.09. The number of fused-ring (bicyclic) bond motifs is 1. The average Bonchev–Trinajstić information content (AvgIpc) is 2.97. The Morgan fingerprint density at radius 1 is 1.40 bits per heavy atom. The number of piperidine rings is 1. The lowest BCUT2D eigenvalue weighted by Crippen LogP contribution is -2.38. The normalized spacial score (nSPS) is 25.6. The molecule has 2 aliphatic rings. The van der Waals surface area contributed by atoms with E-state index in [0.29, 0.717) is 35.1 Å². The first-order valence-corrected chi connectivity index (χ1v) is 8.96. The van der Waals surface area contributed by atoms with Crippen molar-refractivity contribution in [1.82, 2.24) is 10.2 Å². The second kappa shape index (κ2) is 7.62. The number of amides is 2. The van der Waals surface area contributed by atoms with Crippen molar-refractivity contribution in [3.8, 4) is 5.75 Å². The Hall–Kier alpha value is -1.79. The lowest BCUT2D eigenvalue weighted by molar-refractivity contribution is -0.124. The minimum atomic E-state index is -0.532. The first-order chi connectivity index (χ1) is 11.9. The van der Waals surface area contributed by atoms with Gasteiger partial charge < -0.3 is 15.8 Å². The summed E-state index contributed by atoms with van der Waals surface area (Å²) in [6.07, 6.45) is 2.85. The van der Waals surface area contributed by atoms with E-state index in [1.165, 1.54) is 0 Å². The third-order valence-corrected chi connectivity index (χ3v) is 5.54. The first-order valence-electron chi connectivity index (χ1n) is 8.59. The quantitative estimate of drug-likeness (QED) is 0.801. The largest absolute Gasteiger partial charge is 0.482 e. The molecule has 1 aliphatic carbocycles. The van der Waals surface area contributed by atoms with Crippen molar-refractivity contribution < 1.29 is 14.3 Å². The van der Waals surface area contributed by atoms with Gasteiger partial charge in [-0.15, -0.1) is 0 Å². The lowest BCUT2D eigenvalue weighted by atomic mass is 9.89.